The largest absolute Gasteiger partial charge is 0.503 e. The topological polar surface area (TPSA) is 91.4 Å². The van der Waals surface area contributed by atoms with Gasteiger partial charge in [-0.3, -0.25) is 5.41 Å². The van der Waals surface area contributed by atoms with E-state index >= 15 is 0 Å². The maximum absolute atomic E-state index is 10.3. The van der Waals surface area contributed by atoms with Crippen LogP contribution in [0.5, 0.6) is 11.5 Å². The molecule has 0 spiro atoms. The average molecular weight is 478 g/mol. The summed E-state index contributed by atoms with van der Waals surface area (Å²) in [6.45, 7) is 0. The van der Waals surface area contributed by atoms with Crippen LogP contribution in [0.15, 0.2) is 59.1 Å². The highest BCUT2D eigenvalue weighted by Gasteiger charge is 2.41. The van der Waals surface area contributed by atoms with E-state index < -0.39 is 0 Å². The Labute approximate surface area is 189 Å². The first-order valence-electron chi connectivity index (χ1n) is 10.4. The Morgan fingerprint density at radius 2 is 1.97 bits per heavy atom. The number of rotatable bonds is 3. The van der Waals surface area contributed by atoms with Crippen LogP contribution in [0.25, 0.3) is 0 Å². The maximum atomic E-state index is 10.3. The average Bonchev–Trinajstić information content (AvgIpc) is 2.79. The van der Waals surface area contributed by atoms with Crippen molar-refractivity contribution in [2.45, 2.75) is 24.8 Å². The molecular formula is C25H24BrN3O2. The van der Waals surface area contributed by atoms with Crippen molar-refractivity contribution in [3.63, 3.8) is 0 Å². The summed E-state index contributed by atoms with van der Waals surface area (Å²) in [5.41, 5.74) is 12.6. The molecule has 3 unspecified atom stereocenters. The first kappa shape index (κ1) is 19.9. The third kappa shape index (κ3) is 3.26. The minimum Gasteiger partial charge on any atom is -0.503 e. The SMILES string of the molecule is COc1cc(C2Nc3ccc(C(=N)N)cc3C3c4ccccc4CCC23)cc(Br)c1O. The van der Waals surface area contributed by atoms with Gasteiger partial charge in [-0.1, -0.05) is 24.3 Å². The van der Waals surface area contributed by atoms with Gasteiger partial charge in [-0.2, -0.15) is 0 Å². The molecule has 31 heavy (non-hydrogen) atoms. The van der Waals surface area contributed by atoms with Gasteiger partial charge in [0.25, 0.3) is 0 Å². The molecule has 0 saturated carbocycles. The molecule has 0 aromatic heterocycles. The zero-order valence-electron chi connectivity index (χ0n) is 17.2. The van der Waals surface area contributed by atoms with Gasteiger partial charge >= 0.3 is 0 Å². The van der Waals surface area contributed by atoms with E-state index in [2.05, 4.69) is 51.6 Å². The summed E-state index contributed by atoms with van der Waals surface area (Å²) in [4.78, 5) is 0. The van der Waals surface area contributed by atoms with Gasteiger partial charge < -0.3 is 20.9 Å². The number of nitrogens with one attached hydrogen (secondary N) is 2. The molecule has 5 nitrogen and oxygen atoms in total. The molecular weight excluding hydrogens is 454 g/mol. The van der Waals surface area contributed by atoms with Crippen LogP contribution in [-0.4, -0.2) is 18.1 Å². The molecule has 1 aliphatic heterocycles. The summed E-state index contributed by atoms with van der Waals surface area (Å²) in [6, 6.07) is 18.6. The number of phenolic OH excluding ortho intramolecular Hbond substituents is 1. The lowest BCUT2D eigenvalue weighted by Crippen LogP contribution is -2.35. The van der Waals surface area contributed by atoms with Gasteiger partial charge in [0.2, 0.25) is 0 Å². The summed E-state index contributed by atoms with van der Waals surface area (Å²) >= 11 is 3.48. The second kappa shape index (κ2) is 7.61. The molecule has 5 rings (SSSR count). The van der Waals surface area contributed by atoms with Crippen molar-refractivity contribution in [1.82, 2.24) is 0 Å². The van der Waals surface area contributed by atoms with Crippen LogP contribution in [0, 0.1) is 11.3 Å². The molecule has 158 valence electrons. The number of anilines is 1. The summed E-state index contributed by atoms with van der Waals surface area (Å²) in [6.07, 6.45) is 2.05. The minimum atomic E-state index is 0.0554. The van der Waals surface area contributed by atoms with Gasteiger partial charge in [-0.25, -0.2) is 0 Å². The van der Waals surface area contributed by atoms with E-state index in [1.807, 2.05) is 24.3 Å². The third-order valence-electron chi connectivity index (χ3n) is 6.63. The van der Waals surface area contributed by atoms with Gasteiger partial charge in [0, 0.05) is 17.2 Å². The first-order valence-corrected chi connectivity index (χ1v) is 11.2. The molecule has 0 amide bonds. The van der Waals surface area contributed by atoms with E-state index in [-0.39, 0.29) is 23.5 Å². The van der Waals surface area contributed by atoms with Crippen LogP contribution in [0.3, 0.4) is 0 Å². The molecule has 6 heteroatoms. The number of aromatic hydroxyl groups is 1. The lowest BCUT2D eigenvalue weighted by Gasteiger charge is -2.45. The van der Waals surface area contributed by atoms with Crippen LogP contribution in [-0.2, 0) is 6.42 Å². The quantitative estimate of drug-likeness (QED) is 0.303. The second-order valence-corrected chi connectivity index (χ2v) is 9.12. The number of benzene rings is 3. The molecule has 3 aromatic rings. The minimum absolute atomic E-state index is 0.0554. The number of halogens is 1. The molecule has 0 saturated heterocycles. The van der Waals surface area contributed by atoms with Gasteiger partial charge in [0.05, 0.1) is 17.6 Å². The molecule has 1 aliphatic carbocycles. The zero-order valence-corrected chi connectivity index (χ0v) is 18.7. The van der Waals surface area contributed by atoms with E-state index in [0.717, 1.165) is 29.7 Å². The van der Waals surface area contributed by atoms with Gasteiger partial charge in [-0.15, -0.1) is 0 Å². The molecule has 3 aromatic carbocycles. The second-order valence-electron chi connectivity index (χ2n) is 8.27. The first-order chi connectivity index (χ1) is 15.0. The van der Waals surface area contributed by atoms with Crippen LogP contribution in [0.1, 0.15) is 46.2 Å². The predicted molar refractivity (Wildman–Crippen MR) is 126 cm³/mol. The van der Waals surface area contributed by atoms with Crippen LogP contribution in [0.4, 0.5) is 5.69 Å². The van der Waals surface area contributed by atoms with Crippen LogP contribution < -0.4 is 15.8 Å². The standard InChI is InChI=1S/C25H24BrN3O2/c1-31-21-12-15(11-19(26)24(21)30)23-17-8-6-13-4-2-3-5-16(13)22(17)18-10-14(25(27)28)7-9-20(18)29-23/h2-5,7,9-12,17,22-23,29-30H,6,8H2,1H3,(H3,27,28). The van der Waals surface area contributed by atoms with Gasteiger partial charge in [-0.05, 0) is 87.3 Å². The van der Waals surface area contributed by atoms with E-state index in [9.17, 15) is 5.11 Å². The number of nitrogen functional groups attached to an aromatic ring is 1. The maximum Gasteiger partial charge on any atom is 0.172 e. The van der Waals surface area contributed by atoms with E-state index in [1.165, 1.54) is 16.7 Å². The molecule has 2 aliphatic rings. The van der Waals surface area contributed by atoms with Crippen molar-refractivity contribution >= 4 is 27.5 Å². The number of ether oxygens (including phenoxy) is 1. The van der Waals surface area contributed by atoms with Crippen LogP contribution >= 0.6 is 15.9 Å². The summed E-state index contributed by atoms with van der Waals surface area (Å²) in [5.74, 6) is 1.16. The normalized spacial score (nSPS) is 21.3. The van der Waals surface area contributed by atoms with Crippen molar-refractivity contribution in [2.75, 3.05) is 12.4 Å². The number of amidine groups is 1. The summed E-state index contributed by atoms with van der Waals surface area (Å²) in [5, 5.41) is 21.9. The number of phenols is 1. The predicted octanol–water partition coefficient (Wildman–Crippen LogP) is 5.31. The Bertz CT molecular complexity index is 1190. The lowest BCUT2D eigenvalue weighted by atomic mass is 9.65. The van der Waals surface area contributed by atoms with Crippen molar-refractivity contribution < 1.29 is 9.84 Å². The number of aryl methyl sites for hydroxylation is 1. The number of nitrogens with two attached hydrogens (primary N) is 1. The fourth-order valence-electron chi connectivity index (χ4n) is 5.20. The molecule has 5 N–H and O–H groups in total. The molecule has 0 radical (unpaired) electrons. The Balaban J connectivity index is 1.70. The van der Waals surface area contributed by atoms with Crippen LogP contribution in [0.2, 0.25) is 0 Å². The van der Waals surface area contributed by atoms with Gasteiger partial charge in [0.1, 0.15) is 5.84 Å². The smallest absolute Gasteiger partial charge is 0.172 e. The fraction of sp³-hybridized carbons (Fsp3) is 0.240. The Hall–Kier alpha value is -2.99. The monoisotopic (exact) mass is 477 g/mol. The Kier molecular flexibility index (Phi) is 4.89. The highest BCUT2D eigenvalue weighted by Crippen LogP contribution is 2.53. The fourth-order valence-corrected chi connectivity index (χ4v) is 5.65. The Morgan fingerprint density at radius 3 is 2.74 bits per heavy atom. The highest BCUT2D eigenvalue weighted by atomic mass is 79.9. The van der Waals surface area contributed by atoms with E-state index in [4.69, 9.17) is 15.9 Å². The van der Waals surface area contributed by atoms with Crippen molar-refractivity contribution in [2.24, 2.45) is 11.7 Å². The number of methoxy groups -OCH3 is 1. The molecule has 0 fully saturated rings. The van der Waals surface area contributed by atoms with Crippen molar-refractivity contribution in [1.29, 1.82) is 5.41 Å². The molecule has 0 bridgehead atoms. The summed E-state index contributed by atoms with van der Waals surface area (Å²) in [7, 11) is 1.57. The number of hydrogen-bond acceptors (Lipinski definition) is 4. The van der Waals surface area contributed by atoms with E-state index in [0.29, 0.717) is 16.1 Å². The van der Waals surface area contributed by atoms with E-state index in [1.54, 1.807) is 7.11 Å². The number of hydrogen-bond donors (Lipinski definition) is 4. The van der Waals surface area contributed by atoms with Gasteiger partial charge in [0.15, 0.2) is 11.5 Å². The van der Waals surface area contributed by atoms with Crippen molar-refractivity contribution in [3.05, 3.63) is 86.9 Å². The Morgan fingerprint density at radius 1 is 1.16 bits per heavy atom. The van der Waals surface area contributed by atoms with Crippen molar-refractivity contribution in [3.8, 4) is 11.5 Å². The molecule has 3 atom stereocenters. The highest BCUT2D eigenvalue weighted by molar-refractivity contribution is 9.10. The third-order valence-corrected chi connectivity index (χ3v) is 7.24. The summed E-state index contributed by atoms with van der Waals surface area (Å²) < 4.78 is 6.04. The molecule has 1 heterocycles. The number of fused-ring (bicyclic) bond motifs is 5. The lowest BCUT2D eigenvalue weighted by molar-refractivity contribution is 0.343. The zero-order chi connectivity index (χ0) is 21.7.